The fourth-order valence-corrected chi connectivity index (χ4v) is 2.75. The van der Waals surface area contributed by atoms with Crippen LogP contribution in [-0.2, 0) is 0 Å². The van der Waals surface area contributed by atoms with E-state index in [0.717, 1.165) is 0 Å². The summed E-state index contributed by atoms with van der Waals surface area (Å²) in [4.78, 5) is 20.7. The summed E-state index contributed by atoms with van der Waals surface area (Å²) in [7, 11) is 0. The van der Waals surface area contributed by atoms with Gasteiger partial charge in [-0.25, -0.2) is 4.98 Å². The Morgan fingerprint density at radius 2 is 2.00 bits per heavy atom. The van der Waals surface area contributed by atoms with Crippen molar-refractivity contribution in [1.29, 1.82) is 0 Å². The molecule has 0 aliphatic rings. The highest BCUT2D eigenvalue weighted by Gasteiger charge is 2.15. The molecule has 4 aromatic rings. The Labute approximate surface area is 153 Å². The first-order valence-corrected chi connectivity index (χ1v) is 8.09. The standard InChI is InChI=1S/C19H12ClN3O3/c20-14-4-2-1-3-12(14)18(25)22-11-5-6-16(24)13(9-11)19-23-15-10-21-8-7-17(15)26-19/h1-10,24H,(H,22,25). The molecule has 0 saturated heterocycles. The number of amides is 1. The molecule has 0 aliphatic heterocycles. The van der Waals surface area contributed by atoms with Gasteiger partial charge in [0, 0.05) is 18.0 Å². The Balaban J connectivity index is 1.68. The number of hydrogen-bond donors (Lipinski definition) is 2. The number of aromatic hydroxyl groups is 1. The number of phenolic OH excluding ortho intramolecular Hbond substituents is 1. The van der Waals surface area contributed by atoms with Crippen molar-refractivity contribution in [2.45, 2.75) is 0 Å². The summed E-state index contributed by atoms with van der Waals surface area (Å²) in [5, 5.41) is 13.3. The van der Waals surface area contributed by atoms with Gasteiger partial charge in [0.2, 0.25) is 5.89 Å². The van der Waals surface area contributed by atoms with Crippen LogP contribution in [0, 0.1) is 0 Å². The largest absolute Gasteiger partial charge is 0.507 e. The summed E-state index contributed by atoms with van der Waals surface area (Å²) in [5.41, 5.74) is 2.32. The monoisotopic (exact) mass is 365 g/mol. The van der Waals surface area contributed by atoms with E-state index in [9.17, 15) is 9.90 Å². The van der Waals surface area contributed by atoms with Gasteiger partial charge in [0.05, 0.1) is 22.3 Å². The van der Waals surface area contributed by atoms with Crippen LogP contribution < -0.4 is 5.32 Å². The molecule has 0 atom stereocenters. The zero-order valence-electron chi connectivity index (χ0n) is 13.3. The second-order valence-corrected chi connectivity index (χ2v) is 5.94. The molecular formula is C19H12ClN3O3. The number of halogens is 1. The fraction of sp³-hybridized carbons (Fsp3) is 0. The van der Waals surface area contributed by atoms with Crippen LogP contribution in [0.15, 0.2) is 65.3 Å². The molecule has 6 nitrogen and oxygen atoms in total. The molecule has 0 saturated carbocycles. The molecule has 0 spiro atoms. The number of benzene rings is 2. The number of oxazole rings is 1. The van der Waals surface area contributed by atoms with Gasteiger partial charge in [-0.05, 0) is 30.3 Å². The number of carbonyl (C=O) groups is 1. The molecule has 0 aliphatic carbocycles. The molecule has 0 bridgehead atoms. The first-order valence-electron chi connectivity index (χ1n) is 7.71. The lowest BCUT2D eigenvalue weighted by Gasteiger charge is -2.08. The molecule has 0 radical (unpaired) electrons. The van der Waals surface area contributed by atoms with Crippen molar-refractivity contribution >= 4 is 34.3 Å². The predicted molar refractivity (Wildman–Crippen MR) is 98.3 cm³/mol. The summed E-state index contributed by atoms with van der Waals surface area (Å²) in [6, 6.07) is 13.1. The minimum absolute atomic E-state index is 0.0137. The molecule has 128 valence electrons. The maximum Gasteiger partial charge on any atom is 0.257 e. The van der Waals surface area contributed by atoms with E-state index in [-0.39, 0.29) is 17.5 Å². The molecule has 0 fully saturated rings. The first kappa shape index (κ1) is 16.1. The van der Waals surface area contributed by atoms with E-state index < -0.39 is 0 Å². The van der Waals surface area contributed by atoms with Gasteiger partial charge in [-0.15, -0.1) is 0 Å². The average Bonchev–Trinajstić information content (AvgIpc) is 3.07. The highest BCUT2D eigenvalue weighted by Crippen LogP contribution is 2.33. The molecule has 2 N–H and O–H groups in total. The fourth-order valence-electron chi connectivity index (χ4n) is 2.52. The van der Waals surface area contributed by atoms with Crippen LogP contribution in [0.3, 0.4) is 0 Å². The van der Waals surface area contributed by atoms with Crippen LogP contribution in [0.1, 0.15) is 10.4 Å². The first-order chi connectivity index (χ1) is 12.6. The van der Waals surface area contributed by atoms with E-state index in [0.29, 0.717) is 32.9 Å². The maximum absolute atomic E-state index is 12.4. The molecule has 26 heavy (non-hydrogen) atoms. The molecule has 1 amide bonds. The lowest BCUT2D eigenvalue weighted by atomic mass is 10.1. The van der Waals surface area contributed by atoms with Gasteiger partial charge >= 0.3 is 0 Å². The predicted octanol–water partition coefficient (Wildman–Crippen LogP) is 4.50. The van der Waals surface area contributed by atoms with Crippen molar-refractivity contribution in [3.63, 3.8) is 0 Å². The number of nitrogens with zero attached hydrogens (tertiary/aromatic N) is 2. The Bertz CT molecular complexity index is 1090. The van der Waals surface area contributed by atoms with Crippen molar-refractivity contribution in [3.05, 3.63) is 71.5 Å². The van der Waals surface area contributed by atoms with Crippen LogP contribution in [-0.4, -0.2) is 21.0 Å². The SMILES string of the molecule is O=C(Nc1ccc(O)c(-c2nc3cnccc3o2)c1)c1ccccc1Cl. The number of carbonyl (C=O) groups excluding carboxylic acids is 1. The van der Waals surface area contributed by atoms with Gasteiger partial charge < -0.3 is 14.8 Å². The molecule has 0 unspecified atom stereocenters. The lowest BCUT2D eigenvalue weighted by molar-refractivity contribution is 0.102. The van der Waals surface area contributed by atoms with Gasteiger partial charge in [-0.1, -0.05) is 23.7 Å². The molecule has 7 heteroatoms. The van der Waals surface area contributed by atoms with Crippen molar-refractivity contribution in [2.75, 3.05) is 5.32 Å². The summed E-state index contributed by atoms with van der Waals surface area (Å²) >= 11 is 6.05. The topological polar surface area (TPSA) is 88.2 Å². The second-order valence-electron chi connectivity index (χ2n) is 5.53. The summed E-state index contributed by atoms with van der Waals surface area (Å²) in [6.07, 6.45) is 3.17. The highest BCUT2D eigenvalue weighted by atomic mass is 35.5. The van der Waals surface area contributed by atoms with Gasteiger partial charge in [0.1, 0.15) is 11.3 Å². The Kier molecular flexibility index (Phi) is 4.02. The molecular weight excluding hydrogens is 354 g/mol. The number of hydrogen-bond acceptors (Lipinski definition) is 5. The molecule has 2 aromatic heterocycles. The quantitative estimate of drug-likeness (QED) is 0.522. The smallest absolute Gasteiger partial charge is 0.257 e. The summed E-state index contributed by atoms with van der Waals surface area (Å²) in [6.45, 7) is 0. The molecule has 2 aromatic carbocycles. The maximum atomic E-state index is 12.4. The Hall–Kier alpha value is -3.38. The minimum Gasteiger partial charge on any atom is -0.507 e. The minimum atomic E-state index is -0.353. The number of nitrogens with one attached hydrogen (secondary N) is 1. The Morgan fingerprint density at radius 3 is 2.81 bits per heavy atom. The molecule has 2 heterocycles. The third-order valence-electron chi connectivity index (χ3n) is 3.79. The van der Waals surface area contributed by atoms with Crippen LogP contribution >= 0.6 is 11.6 Å². The van der Waals surface area contributed by atoms with E-state index in [1.807, 2.05) is 0 Å². The van der Waals surface area contributed by atoms with Crippen molar-refractivity contribution in [1.82, 2.24) is 9.97 Å². The van der Waals surface area contributed by atoms with Crippen molar-refractivity contribution in [2.24, 2.45) is 0 Å². The summed E-state index contributed by atoms with van der Waals surface area (Å²) in [5.74, 6) is -0.131. The van der Waals surface area contributed by atoms with Crippen LogP contribution in [0.2, 0.25) is 5.02 Å². The van der Waals surface area contributed by atoms with Crippen molar-refractivity contribution < 1.29 is 14.3 Å². The van der Waals surface area contributed by atoms with E-state index in [4.69, 9.17) is 16.0 Å². The van der Waals surface area contributed by atoms with E-state index in [2.05, 4.69) is 15.3 Å². The van der Waals surface area contributed by atoms with Gasteiger partial charge in [-0.2, -0.15) is 0 Å². The number of phenols is 1. The Morgan fingerprint density at radius 1 is 1.15 bits per heavy atom. The number of anilines is 1. The van der Waals surface area contributed by atoms with E-state index >= 15 is 0 Å². The van der Waals surface area contributed by atoms with Crippen LogP contribution in [0.4, 0.5) is 5.69 Å². The highest BCUT2D eigenvalue weighted by molar-refractivity contribution is 6.34. The third kappa shape index (κ3) is 2.98. The van der Waals surface area contributed by atoms with Crippen LogP contribution in [0.25, 0.3) is 22.6 Å². The third-order valence-corrected chi connectivity index (χ3v) is 4.12. The zero-order valence-corrected chi connectivity index (χ0v) is 14.1. The van der Waals surface area contributed by atoms with Gasteiger partial charge in [0.25, 0.3) is 5.91 Å². The number of aromatic nitrogens is 2. The van der Waals surface area contributed by atoms with Crippen molar-refractivity contribution in [3.8, 4) is 17.2 Å². The molecule has 4 rings (SSSR count). The zero-order chi connectivity index (χ0) is 18.1. The van der Waals surface area contributed by atoms with E-state index in [1.165, 1.54) is 6.07 Å². The lowest BCUT2D eigenvalue weighted by Crippen LogP contribution is -2.12. The average molecular weight is 366 g/mol. The number of fused-ring (bicyclic) bond motifs is 1. The number of pyridine rings is 1. The second kappa shape index (κ2) is 6.50. The summed E-state index contributed by atoms with van der Waals surface area (Å²) < 4.78 is 5.65. The van der Waals surface area contributed by atoms with Crippen LogP contribution in [0.5, 0.6) is 5.75 Å². The van der Waals surface area contributed by atoms with E-state index in [1.54, 1.807) is 54.9 Å². The van der Waals surface area contributed by atoms with Gasteiger partial charge in [0.15, 0.2) is 5.58 Å². The number of rotatable bonds is 3. The van der Waals surface area contributed by atoms with Gasteiger partial charge in [-0.3, -0.25) is 9.78 Å². The normalized spacial score (nSPS) is 10.8.